The number of hydrogen-bond acceptors (Lipinski definition) is 4. The van der Waals surface area contributed by atoms with Gasteiger partial charge in [-0.1, -0.05) is 12.1 Å². The van der Waals surface area contributed by atoms with E-state index in [1.807, 2.05) is 37.3 Å². The fourth-order valence-corrected chi connectivity index (χ4v) is 1.59. The van der Waals surface area contributed by atoms with Gasteiger partial charge < -0.3 is 10.1 Å². The Hall–Kier alpha value is -2.56. The molecule has 0 aliphatic rings. The summed E-state index contributed by atoms with van der Waals surface area (Å²) in [6.07, 6.45) is 1.11. The molecule has 2 N–H and O–H groups in total. The molecule has 0 saturated heterocycles. The summed E-state index contributed by atoms with van der Waals surface area (Å²) >= 11 is 0. The third kappa shape index (κ3) is 3.70. The Labute approximate surface area is 111 Å². The Bertz CT molecular complexity index is 567. The van der Waals surface area contributed by atoms with Crippen LogP contribution in [0, 0.1) is 6.92 Å². The first-order valence-electron chi connectivity index (χ1n) is 5.82. The summed E-state index contributed by atoms with van der Waals surface area (Å²) in [6, 6.07) is 11.6. The number of ether oxygens (including phenoxy) is 1. The lowest BCUT2D eigenvalue weighted by Crippen LogP contribution is -2.11. The fourth-order valence-electron chi connectivity index (χ4n) is 1.59. The third-order valence-corrected chi connectivity index (χ3v) is 2.49. The quantitative estimate of drug-likeness (QED) is 0.885. The minimum atomic E-state index is -0.535. The first kappa shape index (κ1) is 12.9. The molecular formula is C14H15N3O2. The molecule has 0 saturated carbocycles. The standard InChI is InChI=1S/C14H15N3O2/c1-10-4-3-5-11(8-10)16-12-6-7-13(15-9-12)17-14(18)19-2/h3-9,16H,1-2H3,(H,15,17,18). The van der Waals surface area contributed by atoms with Crippen molar-refractivity contribution in [1.82, 2.24) is 4.98 Å². The molecule has 0 unspecified atom stereocenters. The van der Waals surface area contributed by atoms with Crippen molar-refractivity contribution in [1.29, 1.82) is 0 Å². The van der Waals surface area contributed by atoms with E-state index < -0.39 is 6.09 Å². The van der Waals surface area contributed by atoms with Gasteiger partial charge in [-0.15, -0.1) is 0 Å². The Morgan fingerprint density at radius 1 is 1.21 bits per heavy atom. The van der Waals surface area contributed by atoms with Gasteiger partial charge in [0.2, 0.25) is 0 Å². The van der Waals surface area contributed by atoms with Crippen LogP contribution >= 0.6 is 0 Å². The smallest absolute Gasteiger partial charge is 0.412 e. The van der Waals surface area contributed by atoms with E-state index in [0.29, 0.717) is 5.82 Å². The summed E-state index contributed by atoms with van der Waals surface area (Å²) in [5.41, 5.74) is 3.03. The number of anilines is 3. The summed E-state index contributed by atoms with van der Waals surface area (Å²) in [7, 11) is 1.31. The largest absolute Gasteiger partial charge is 0.453 e. The lowest BCUT2D eigenvalue weighted by atomic mass is 10.2. The molecule has 0 aliphatic carbocycles. The highest BCUT2D eigenvalue weighted by atomic mass is 16.5. The van der Waals surface area contributed by atoms with Gasteiger partial charge in [-0.25, -0.2) is 9.78 Å². The Morgan fingerprint density at radius 3 is 2.68 bits per heavy atom. The maximum Gasteiger partial charge on any atom is 0.412 e. The van der Waals surface area contributed by atoms with E-state index in [1.165, 1.54) is 12.7 Å². The van der Waals surface area contributed by atoms with Gasteiger partial charge in [0, 0.05) is 5.69 Å². The molecule has 5 heteroatoms. The van der Waals surface area contributed by atoms with Crippen molar-refractivity contribution in [3.8, 4) is 0 Å². The van der Waals surface area contributed by atoms with Crippen molar-refractivity contribution in [2.45, 2.75) is 6.92 Å². The van der Waals surface area contributed by atoms with Gasteiger partial charge in [0.05, 0.1) is 19.0 Å². The number of carbonyl (C=O) groups is 1. The molecule has 5 nitrogen and oxygen atoms in total. The Morgan fingerprint density at radius 2 is 2.05 bits per heavy atom. The summed E-state index contributed by atoms with van der Waals surface area (Å²) in [6.45, 7) is 2.03. The van der Waals surface area contributed by atoms with Crippen LogP contribution in [0.3, 0.4) is 0 Å². The lowest BCUT2D eigenvalue weighted by Gasteiger charge is -2.08. The van der Waals surface area contributed by atoms with Crippen molar-refractivity contribution in [3.63, 3.8) is 0 Å². The minimum absolute atomic E-state index is 0.446. The maximum absolute atomic E-state index is 11.0. The normalized spacial score (nSPS) is 9.79. The zero-order valence-electron chi connectivity index (χ0n) is 10.8. The lowest BCUT2D eigenvalue weighted by molar-refractivity contribution is 0.187. The van der Waals surface area contributed by atoms with Gasteiger partial charge in [-0.2, -0.15) is 0 Å². The molecule has 0 atom stereocenters. The van der Waals surface area contributed by atoms with Crippen molar-refractivity contribution >= 4 is 23.3 Å². The number of hydrogen-bond donors (Lipinski definition) is 2. The van der Waals surface area contributed by atoms with E-state index in [2.05, 4.69) is 20.4 Å². The van der Waals surface area contributed by atoms with Crippen LogP contribution < -0.4 is 10.6 Å². The number of aryl methyl sites for hydroxylation is 1. The first-order valence-corrected chi connectivity index (χ1v) is 5.82. The van der Waals surface area contributed by atoms with Gasteiger partial charge in [-0.05, 0) is 36.8 Å². The van der Waals surface area contributed by atoms with Gasteiger partial charge in [0.25, 0.3) is 0 Å². The van der Waals surface area contributed by atoms with E-state index in [0.717, 1.165) is 11.4 Å². The van der Waals surface area contributed by atoms with Gasteiger partial charge >= 0.3 is 6.09 Å². The monoisotopic (exact) mass is 257 g/mol. The van der Waals surface area contributed by atoms with Crippen LogP contribution in [0.25, 0.3) is 0 Å². The van der Waals surface area contributed by atoms with Gasteiger partial charge in [-0.3, -0.25) is 5.32 Å². The molecule has 1 aromatic carbocycles. The third-order valence-electron chi connectivity index (χ3n) is 2.49. The average Bonchev–Trinajstić information content (AvgIpc) is 2.41. The second-order valence-corrected chi connectivity index (χ2v) is 4.04. The molecule has 1 aromatic heterocycles. The van der Waals surface area contributed by atoms with Gasteiger partial charge in [0.15, 0.2) is 0 Å². The average molecular weight is 257 g/mol. The molecule has 19 heavy (non-hydrogen) atoms. The zero-order chi connectivity index (χ0) is 13.7. The van der Waals surface area contributed by atoms with Crippen molar-refractivity contribution in [3.05, 3.63) is 48.2 Å². The number of methoxy groups -OCH3 is 1. The highest BCUT2D eigenvalue weighted by molar-refractivity contribution is 5.83. The molecule has 0 radical (unpaired) electrons. The molecule has 0 fully saturated rings. The van der Waals surface area contributed by atoms with E-state index in [4.69, 9.17) is 0 Å². The predicted molar refractivity (Wildman–Crippen MR) is 74.7 cm³/mol. The van der Waals surface area contributed by atoms with Crippen LogP contribution in [0.1, 0.15) is 5.56 Å². The second kappa shape index (κ2) is 5.86. The van der Waals surface area contributed by atoms with Crippen LogP contribution in [0.15, 0.2) is 42.6 Å². The number of nitrogens with zero attached hydrogens (tertiary/aromatic N) is 1. The predicted octanol–water partition coefficient (Wildman–Crippen LogP) is 3.31. The summed E-state index contributed by atoms with van der Waals surface area (Å²) in [4.78, 5) is 15.1. The second-order valence-electron chi connectivity index (χ2n) is 4.04. The summed E-state index contributed by atoms with van der Waals surface area (Å²) in [5.74, 6) is 0.446. The minimum Gasteiger partial charge on any atom is -0.453 e. The molecule has 0 bridgehead atoms. The highest BCUT2D eigenvalue weighted by Crippen LogP contribution is 2.17. The van der Waals surface area contributed by atoms with Crippen molar-refractivity contribution in [2.24, 2.45) is 0 Å². The molecule has 1 amide bonds. The number of benzene rings is 1. The van der Waals surface area contributed by atoms with Gasteiger partial charge in [0.1, 0.15) is 5.82 Å². The van der Waals surface area contributed by atoms with E-state index in [9.17, 15) is 4.79 Å². The van der Waals surface area contributed by atoms with E-state index in [1.54, 1.807) is 12.3 Å². The first-order chi connectivity index (χ1) is 9.17. The van der Waals surface area contributed by atoms with Crippen molar-refractivity contribution in [2.75, 3.05) is 17.7 Å². The summed E-state index contributed by atoms with van der Waals surface area (Å²) in [5, 5.41) is 5.72. The molecule has 1 heterocycles. The SMILES string of the molecule is COC(=O)Nc1ccc(Nc2cccc(C)c2)cn1. The Kier molecular flexibility index (Phi) is 3.97. The molecule has 98 valence electrons. The van der Waals surface area contributed by atoms with E-state index in [-0.39, 0.29) is 0 Å². The topological polar surface area (TPSA) is 63.2 Å². The number of amides is 1. The number of carbonyl (C=O) groups excluding carboxylic acids is 1. The molecular weight excluding hydrogens is 242 g/mol. The summed E-state index contributed by atoms with van der Waals surface area (Å²) < 4.78 is 4.49. The molecule has 2 rings (SSSR count). The van der Waals surface area contributed by atoms with Crippen molar-refractivity contribution < 1.29 is 9.53 Å². The van der Waals surface area contributed by atoms with Crippen LogP contribution in [-0.4, -0.2) is 18.2 Å². The zero-order valence-corrected chi connectivity index (χ0v) is 10.8. The number of pyridine rings is 1. The van der Waals surface area contributed by atoms with Crippen LogP contribution in [-0.2, 0) is 4.74 Å². The van der Waals surface area contributed by atoms with Crippen LogP contribution in [0.5, 0.6) is 0 Å². The van der Waals surface area contributed by atoms with E-state index >= 15 is 0 Å². The number of nitrogens with one attached hydrogen (secondary N) is 2. The molecule has 0 spiro atoms. The molecule has 0 aliphatic heterocycles. The van der Waals surface area contributed by atoms with Crippen LogP contribution in [0.2, 0.25) is 0 Å². The number of rotatable bonds is 3. The Balaban J connectivity index is 2.04. The maximum atomic E-state index is 11.0. The highest BCUT2D eigenvalue weighted by Gasteiger charge is 2.01. The fraction of sp³-hybridized carbons (Fsp3) is 0.143. The van der Waals surface area contributed by atoms with Crippen LogP contribution in [0.4, 0.5) is 22.0 Å². The number of aromatic nitrogens is 1. The molecule has 2 aromatic rings.